The van der Waals surface area contributed by atoms with Crippen molar-refractivity contribution in [2.75, 3.05) is 18.6 Å². The van der Waals surface area contributed by atoms with Gasteiger partial charge in [-0.05, 0) is 31.2 Å². The molecular formula is C18H15F3N4O3. The molecule has 0 fully saturated rings. The monoisotopic (exact) mass is 392 g/mol. The summed E-state index contributed by atoms with van der Waals surface area (Å²) in [5.41, 5.74) is 9.22. The summed E-state index contributed by atoms with van der Waals surface area (Å²) in [4.78, 5) is 29.2. The van der Waals surface area contributed by atoms with Crippen LogP contribution in [0.5, 0.6) is 0 Å². The Morgan fingerprint density at radius 1 is 1.18 bits per heavy atom. The minimum atomic E-state index is -4.64. The highest BCUT2D eigenvalue weighted by Gasteiger charge is 2.32. The molecule has 146 valence electrons. The number of pyridine rings is 2. The number of alkyl halides is 3. The second-order valence-electron chi connectivity index (χ2n) is 5.99. The standard InChI is InChI=1S/C18H15F3N4O3/c1-8-11(5-6-13(22)24-8)25-12-7-9(18(19,20)21)3-4-10(12)15(23)14(16(25)26)17(27)28-2/h3-7H,23H2,1-2H3,(H2,22,24). The fourth-order valence-electron chi connectivity index (χ4n) is 2.94. The minimum Gasteiger partial charge on any atom is -0.465 e. The molecule has 3 aromatic rings. The molecule has 0 unspecified atom stereocenters. The van der Waals surface area contributed by atoms with Crippen LogP contribution in [0.3, 0.4) is 0 Å². The number of nitrogen functional groups attached to an aromatic ring is 2. The first-order chi connectivity index (χ1) is 13.1. The molecule has 0 atom stereocenters. The van der Waals surface area contributed by atoms with Crippen molar-refractivity contribution in [3.63, 3.8) is 0 Å². The molecule has 10 heteroatoms. The molecule has 0 aliphatic heterocycles. The topological polar surface area (TPSA) is 113 Å². The summed E-state index contributed by atoms with van der Waals surface area (Å²) in [6.07, 6.45) is -4.64. The summed E-state index contributed by atoms with van der Waals surface area (Å²) in [7, 11) is 1.07. The third-order valence-corrected chi connectivity index (χ3v) is 4.25. The van der Waals surface area contributed by atoms with E-state index in [-0.39, 0.29) is 33.8 Å². The molecule has 1 aromatic carbocycles. The van der Waals surface area contributed by atoms with Gasteiger partial charge in [0, 0.05) is 5.39 Å². The van der Waals surface area contributed by atoms with Crippen LogP contribution in [0, 0.1) is 6.92 Å². The van der Waals surface area contributed by atoms with Crippen molar-refractivity contribution in [1.29, 1.82) is 0 Å². The summed E-state index contributed by atoms with van der Waals surface area (Å²) in [6, 6.07) is 5.54. The Kier molecular flexibility index (Phi) is 4.50. The first-order valence-electron chi connectivity index (χ1n) is 7.93. The van der Waals surface area contributed by atoms with Crippen molar-refractivity contribution < 1.29 is 22.7 Å². The Bertz CT molecular complexity index is 1170. The van der Waals surface area contributed by atoms with E-state index in [9.17, 15) is 22.8 Å². The number of hydrogen-bond acceptors (Lipinski definition) is 6. The Balaban J connectivity index is 2.54. The van der Waals surface area contributed by atoms with E-state index in [4.69, 9.17) is 11.5 Å². The molecule has 3 rings (SSSR count). The van der Waals surface area contributed by atoms with E-state index in [0.29, 0.717) is 0 Å². The maximum Gasteiger partial charge on any atom is 0.416 e. The lowest BCUT2D eigenvalue weighted by atomic mass is 10.0. The van der Waals surface area contributed by atoms with E-state index in [1.165, 1.54) is 19.1 Å². The second-order valence-corrected chi connectivity index (χ2v) is 5.99. The van der Waals surface area contributed by atoms with Crippen molar-refractivity contribution in [3.05, 3.63) is 57.5 Å². The number of ether oxygens (including phenoxy) is 1. The maximum absolute atomic E-state index is 13.2. The SMILES string of the molecule is COC(=O)c1c(N)c2ccc(C(F)(F)F)cc2n(-c2ccc(N)nc2C)c1=O. The van der Waals surface area contributed by atoms with Crippen molar-refractivity contribution in [2.45, 2.75) is 13.1 Å². The van der Waals surface area contributed by atoms with E-state index in [1.807, 2.05) is 0 Å². The molecule has 0 aliphatic carbocycles. The molecule has 7 nitrogen and oxygen atoms in total. The summed E-state index contributed by atoms with van der Waals surface area (Å²) in [5, 5.41) is 0.0872. The van der Waals surface area contributed by atoms with Gasteiger partial charge in [-0.2, -0.15) is 13.2 Å². The average molecular weight is 392 g/mol. The molecule has 28 heavy (non-hydrogen) atoms. The van der Waals surface area contributed by atoms with Gasteiger partial charge in [0.05, 0.1) is 35.3 Å². The van der Waals surface area contributed by atoms with Crippen LogP contribution in [0.4, 0.5) is 24.7 Å². The highest BCUT2D eigenvalue weighted by Crippen LogP contribution is 2.34. The molecule has 0 saturated carbocycles. The number of aromatic nitrogens is 2. The number of halogens is 3. The third kappa shape index (κ3) is 3.02. The number of nitrogens with two attached hydrogens (primary N) is 2. The van der Waals surface area contributed by atoms with Gasteiger partial charge in [-0.15, -0.1) is 0 Å². The van der Waals surface area contributed by atoms with Crippen LogP contribution in [0.2, 0.25) is 0 Å². The second kappa shape index (κ2) is 6.55. The lowest BCUT2D eigenvalue weighted by Gasteiger charge is -2.18. The normalized spacial score (nSPS) is 11.6. The van der Waals surface area contributed by atoms with E-state index in [0.717, 1.165) is 29.9 Å². The molecule has 0 saturated heterocycles. The Labute approximate surface area is 156 Å². The quantitative estimate of drug-likeness (QED) is 0.649. The molecule has 0 aliphatic rings. The van der Waals surface area contributed by atoms with Gasteiger partial charge in [-0.25, -0.2) is 9.78 Å². The van der Waals surface area contributed by atoms with Crippen LogP contribution in [0.1, 0.15) is 21.6 Å². The summed E-state index contributed by atoms with van der Waals surface area (Å²) in [5.74, 6) is -0.836. The summed E-state index contributed by atoms with van der Waals surface area (Å²) >= 11 is 0. The predicted octanol–water partition coefficient (Wildman–Crippen LogP) is 2.66. The number of carbonyl (C=O) groups is 1. The fraction of sp³-hybridized carbons (Fsp3) is 0.167. The number of methoxy groups -OCH3 is 1. The molecule has 0 bridgehead atoms. The lowest BCUT2D eigenvalue weighted by molar-refractivity contribution is -0.137. The van der Waals surface area contributed by atoms with Crippen LogP contribution < -0.4 is 17.0 Å². The highest BCUT2D eigenvalue weighted by molar-refractivity contribution is 6.04. The largest absolute Gasteiger partial charge is 0.465 e. The predicted molar refractivity (Wildman–Crippen MR) is 97.2 cm³/mol. The van der Waals surface area contributed by atoms with Crippen LogP contribution in [-0.4, -0.2) is 22.6 Å². The molecule has 4 N–H and O–H groups in total. The Morgan fingerprint density at radius 3 is 2.43 bits per heavy atom. The smallest absolute Gasteiger partial charge is 0.416 e. The van der Waals surface area contributed by atoms with Gasteiger partial charge in [0.2, 0.25) is 0 Å². The summed E-state index contributed by atoms with van der Waals surface area (Å²) < 4.78 is 45.2. The van der Waals surface area contributed by atoms with Gasteiger partial charge in [0.25, 0.3) is 5.56 Å². The van der Waals surface area contributed by atoms with Gasteiger partial charge in [0.1, 0.15) is 11.4 Å². The number of benzene rings is 1. The van der Waals surface area contributed by atoms with E-state index in [2.05, 4.69) is 9.72 Å². The molecule has 2 aromatic heterocycles. The zero-order valence-corrected chi connectivity index (χ0v) is 14.8. The average Bonchev–Trinajstić information content (AvgIpc) is 2.62. The lowest BCUT2D eigenvalue weighted by Crippen LogP contribution is -2.29. The number of hydrogen-bond donors (Lipinski definition) is 2. The molecule has 0 radical (unpaired) electrons. The molecular weight excluding hydrogens is 377 g/mol. The number of nitrogens with zero attached hydrogens (tertiary/aromatic N) is 2. The third-order valence-electron chi connectivity index (χ3n) is 4.25. The molecule has 0 spiro atoms. The Hall–Kier alpha value is -3.56. The van der Waals surface area contributed by atoms with Crippen LogP contribution in [0.25, 0.3) is 16.6 Å². The fourth-order valence-corrected chi connectivity index (χ4v) is 2.94. The van der Waals surface area contributed by atoms with E-state index < -0.39 is 28.8 Å². The minimum absolute atomic E-state index is 0.0872. The van der Waals surface area contributed by atoms with Crippen molar-refractivity contribution in [3.8, 4) is 5.69 Å². The van der Waals surface area contributed by atoms with Gasteiger partial charge >= 0.3 is 12.1 Å². The number of carbonyl (C=O) groups excluding carboxylic acids is 1. The van der Waals surface area contributed by atoms with Crippen molar-refractivity contribution in [2.24, 2.45) is 0 Å². The van der Waals surface area contributed by atoms with Gasteiger partial charge in [-0.3, -0.25) is 9.36 Å². The zero-order chi connectivity index (χ0) is 20.8. The van der Waals surface area contributed by atoms with Gasteiger partial charge in [0.15, 0.2) is 0 Å². The number of fused-ring (bicyclic) bond motifs is 1. The number of aryl methyl sites for hydroxylation is 1. The first kappa shape index (κ1) is 19.2. The van der Waals surface area contributed by atoms with E-state index >= 15 is 0 Å². The summed E-state index contributed by atoms with van der Waals surface area (Å²) in [6.45, 7) is 1.53. The molecule has 0 amide bonds. The van der Waals surface area contributed by atoms with Gasteiger partial charge in [-0.1, -0.05) is 6.07 Å². The van der Waals surface area contributed by atoms with Crippen LogP contribution >= 0.6 is 0 Å². The first-order valence-corrected chi connectivity index (χ1v) is 7.93. The van der Waals surface area contributed by atoms with Crippen molar-refractivity contribution >= 4 is 28.4 Å². The maximum atomic E-state index is 13.2. The van der Waals surface area contributed by atoms with Gasteiger partial charge < -0.3 is 16.2 Å². The molecule has 2 heterocycles. The Morgan fingerprint density at radius 2 is 1.86 bits per heavy atom. The van der Waals surface area contributed by atoms with Crippen molar-refractivity contribution in [1.82, 2.24) is 9.55 Å². The number of esters is 1. The zero-order valence-electron chi connectivity index (χ0n) is 14.8. The highest BCUT2D eigenvalue weighted by atomic mass is 19.4. The van der Waals surface area contributed by atoms with E-state index in [1.54, 1.807) is 0 Å². The van der Waals surface area contributed by atoms with Crippen LogP contribution in [-0.2, 0) is 10.9 Å². The number of anilines is 2. The van der Waals surface area contributed by atoms with Crippen LogP contribution in [0.15, 0.2) is 35.1 Å². The number of rotatable bonds is 2.